The minimum atomic E-state index is 0.643. The summed E-state index contributed by atoms with van der Waals surface area (Å²) < 4.78 is 0. The molecule has 0 amide bonds. The van der Waals surface area contributed by atoms with Crippen LogP contribution in [0.3, 0.4) is 0 Å². The molecule has 1 N–H and O–H groups in total. The molecule has 1 nitrogen and oxygen atoms in total. The molecule has 2 heteroatoms. The average molecular weight is 201 g/mol. The van der Waals surface area contributed by atoms with Gasteiger partial charge in [0, 0.05) is 6.04 Å². The monoisotopic (exact) mass is 201 g/mol. The Morgan fingerprint density at radius 2 is 2.23 bits per heavy atom. The summed E-state index contributed by atoms with van der Waals surface area (Å²) in [5.74, 6) is 1.24. The Kier molecular flexibility index (Phi) is 8.67. The summed E-state index contributed by atoms with van der Waals surface area (Å²) in [5.41, 5.74) is 1.29. The molecule has 0 aromatic heterocycles. The number of thioether (sulfide) groups is 1. The van der Waals surface area contributed by atoms with Gasteiger partial charge in [-0.3, -0.25) is 0 Å². The maximum Gasteiger partial charge on any atom is 0.0112 e. The number of hydrogen-bond acceptors (Lipinski definition) is 2. The molecule has 0 aromatic carbocycles. The molecule has 78 valence electrons. The van der Waals surface area contributed by atoms with Crippen LogP contribution in [0.5, 0.6) is 0 Å². The van der Waals surface area contributed by atoms with Gasteiger partial charge in [0.2, 0.25) is 0 Å². The first-order valence-electron chi connectivity index (χ1n) is 5.07. The van der Waals surface area contributed by atoms with E-state index in [0.717, 1.165) is 13.0 Å². The maximum absolute atomic E-state index is 3.96. The van der Waals surface area contributed by atoms with Crippen LogP contribution in [0, 0.1) is 0 Å². The molecular weight excluding hydrogens is 178 g/mol. The van der Waals surface area contributed by atoms with Gasteiger partial charge in [-0.15, -0.1) is 6.58 Å². The Morgan fingerprint density at radius 3 is 2.69 bits per heavy atom. The molecule has 0 saturated heterocycles. The quantitative estimate of drug-likeness (QED) is 0.606. The van der Waals surface area contributed by atoms with Crippen molar-refractivity contribution in [3.05, 3.63) is 12.2 Å². The molecule has 13 heavy (non-hydrogen) atoms. The second kappa shape index (κ2) is 8.64. The summed E-state index contributed by atoms with van der Waals surface area (Å²) in [4.78, 5) is 0. The molecule has 0 spiro atoms. The van der Waals surface area contributed by atoms with E-state index in [9.17, 15) is 0 Å². The Bertz CT molecular complexity index is 126. The molecule has 0 aromatic rings. The van der Waals surface area contributed by atoms with Gasteiger partial charge in [0.1, 0.15) is 0 Å². The van der Waals surface area contributed by atoms with Crippen LogP contribution in [0.2, 0.25) is 0 Å². The van der Waals surface area contributed by atoms with E-state index in [4.69, 9.17) is 0 Å². The van der Waals surface area contributed by atoms with Crippen molar-refractivity contribution in [2.24, 2.45) is 0 Å². The molecule has 1 unspecified atom stereocenters. The largest absolute Gasteiger partial charge is 0.314 e. The predicted molar refractivity (Wildman–Crippen MR) is 64.5 cm³/mol. The summed E-state index contributed by atoms with van der Waals surface area (Å²) in [7, 11) is 0. The van der Waals surface area contributed by atoms with Gasteiger partial charge in [0.25, 0.3) is 0 Å². The Hall–Kier alpha value is 0.0500. The third-order valence-electron chi connectivity index (χ3n) is 1.95. The maximum atomic E-state index is 3.96. The van der Waals surface area contributed by atoms with Crippen molar-refractivity contribution in [1.29, 1.82) is 0 Å². The van der Waals surface area contributed by atoms with Crippen LogP contribution in [0.1, 0.15) is 33.1 Å². The van der Waals surface area contributed by atoms with Crippen LogP contribution >= 0.6 is 11.8 Å². The van der Waals surface area contributed by atoms with Crippen LogP contribution in [-0.4, -0.2) is 24.6 Å². The molecule has 0 aliphatic heterocycles. The molecule has 0 bridgehead atoms. The summed E-state index contributed by atoms with van der Waals surface area (Å²) >= 11 is 1.92. The Morgan fingerprint density at radius 1 is 1.54 bits per heavy atom. The van der Waals surface area contributed by atoms with Crippen molar-refractivity contribution in [3.8, 4) is 0 Å². The fourth-order valence-electron chi connectivity index (χ4n) is 1.31. The van der Waals surface area contributed by atoms with Gasteiger partial charge in [-0.1, -0.05) is 12.5 Å². The summed E-state index contributed by atoms with van der Waals surface area (Å²) in [6.45, 7) is 9.41. The molecule has 0 fully saturated rings. The van der Waals surface area contributed by atoms with E-state index >= 15 is 0 Å². The lowest BCUT2D eigenvalue weighted by Crippen LogP contribution is -2.30. The molecule has 0 heterocycles. The van der Waals surface area contributed by atoms with Gasteiger partial charge in [-0.05, 0) is 44.7 Å². The van der Waals surface area contributed by atoms with E-state index in [1.54, 1.807) is 0 Å². The van der Waals surface area contributed by atoms with E-state index < -0.39 is 0 Å². The zero-order valence-corrected chi connectivity index (χ0v) is 10.0. The fraction of sp³-hybridized carbons (Fsp3) is 0.818. The summed E-state index contributed by atoms with van der Waals surface area (Å²) in [6.07, 6.45) is 5.76. The number of rotatable bonds is 8. The minimum absolute atomic E-state index is 0.643. The van der Waals surface area contributed by atoms with E-state index in [1.807, 2.05) is 11.8 Å². The lowest BCUT2D eigenvalue weighted by Gasteiger charge is -2.17. The van der Waals surface area contributed by atoms with Crippen LogP contribution in [0.15, 0.2) is 12.2 Å². The van der Waals surface area contributed by atoms with E-state index in [0.29, 0.717) is 6.04 Å². The van der Waals surface area contributed by atoms with Crippen molar-refractivity contribution >= 4 is 11.8 Å². The number of hydrogen-bond donors (Lipinski definition) is 1. The highest BCUT2D eigenvalue weighted by molar-refractivity contribution is 7.98. The first kappa shape index (κ1) is 13.1. The molecule has 0 radical (unpaired) electrons. The van der Waals surface area contributed by atoms with Gasteiger partial charge in [0.15, 0.2) is 0 Å². The van der Waals surface area contributed by atoms with E-state index in [1.165, 1.54) is 24.2 Å². The normalized spacial score (nSPS) is 12.8. The fourth-order valence-corrected chi connectivity index (χ4v) is 1.83. The molecule has 0 aliphatic carbocycles. The van der Waals surface area contributed by atoms with Gasteiger partial charge in [-0.25, -0.2) is 0 Å². The second-order valence-electron chi connectivity index (χ2n) is 3.59. The highest BCUT2D eigenvalue weighted by Crippen LogP contribution is 2.08. The van der Waals surface area contributed by atoms with Crippen LogP contribution in [0.4, 0.5) is 0 Å². The third kappa shape index (κ3) is 8.38. The lowest BCUT2D eigenvalue weighted by atomic mass is 10.1. The van der Waals surface area contributed by atoms with E-state index in [2.05, 4.69) is 32.0 Å². The minimum Gasteiger partial charge on any atom is -0.314 e. The van der Waals surface area contributed by atoms with Gasteiger partial charge in [0.05, 0.1) is 0 Å². The van der Waals surface area contributed by atoms with Crippen molar-refractivity contribution in [2.75, 3.05) is 18.6 Å². The van der Waals surface area contributed by atoms with Crippen LogP contribution < -0.4 is 5.32 Å². The summed E-state index contributed by atoms with van der Waals surface area (Å²) in [5, 5.41) is 3.56. The highest BCUT2D eigenvalue weighted by Gasteiger charge is 2.06. The lowest BCUT2D eigenvalue weighted by molar-refractivity contribution is 0.496. The van der Waals surface area contributed by atoms with Gasteiger partial charge >= 0.3 is 0 Å². The average Bonchev–Trinajstić information content (AvgIpc) is 2.09. The molecule has 1 atom stereocenters. The van der Waals surface area contributed by atoms with Crippen molar-refractivity contribution < 1.29 is 0 Å². The zero-order chi connectivity index (χ0) is 10.1. The first-order chi connectivity index (χ1) is 6.20. The molecule has 0 rings (SSSR count). The van der Waals surface area contributed by atoms with Gasteiger partial charge in [-0.2, -0.15) is 11.8 Å². The Labute approximate surface area is 87.4 Å². The summed E-state index contributed by atoms with van der Waals surface area (Å²) in [6, 6.07) is 0.643. The highest BCUT2D eigenvalue weighted by atomic mass is 32.2. The first-order valence-corrected chi connectivity index (χ1v) is 6.46. The smallest absolute Gasteiger partial charge is 0.0112 e. The predicted octanol–water partition coefficient (Wildman–Crippen LogP) is 3.07. The molecular formula is C11H23NS. The standard InChI is InChI=1S/C11H23NS/c1-5-7-12-11(6-8-13-4)9-10(2)3/h11-12H,2,5-9H2,1,3-4H3. The Balaban J connectivity index is 3.66. The van der Waals surface area contributed by atoms with Crippen molar-refractivity contribution in [1.82, 2.24) is 5.32 Å². The molecule has 0 aliphatic rings. The van der Waals surface area contributed by atoms with Crippen LogP contribution in [-0.2, 0) is 0 Å². The van der Waals surface area contributed by atoms with E-state index in [-0.39, 0.29) is 0 Å². The van der Waals surface area contributed by atoms with Crippen molar-refractivity contribution in [2.45, 2.75) is 39.2 Å². The van der Waals surface area contributed by atoms with Crippen molar-refractivity contribution in [3.63, 3.8) is 0 Å². The second-order valence-corrected chi connectivity index (χ2v) is 4.58. The van der Waals surface area contributed by atoms with Crippen LogP contribution in [0.25, 0.3) is 0 Å². The number of nitrogens with one attached hydrogen (secondary N) is 1. The van der Waals surface area contributed by atoms with Gasteiger partial charge < -0.3 is 5.32 Å². The zero-order valence-electron chi connectivity index (χ0n) is 9.23. The molecule has 0 saturated carbocycles. The SMILES string of the molecule is C=C(C)CC(CCSC)NCCC. The third-order valence-corrected chi connectivity index (χ3v) is 2.59. The topological polar surface area (TPSA) is 12.0 Å².